The minimum absolute atomic E-state index is 0.149. The summed E-state index contributed by atoms with van der Waals surface area (Å²) in [6.07, 6.45) is 0. The van der Waals surface area contributed by atoms with Crippen molar-refractivity contribution in [3.8, 4) is 5.75 Å². The molecule has 0 N–H and O–H groups in total. The second-order valence-corrected chi connectivity index (χ2v) is 6.34. The molecule has 0 aliphatic carbocycles. The van der Waals surface area contributed by atoms with Crippen molar-refractivity contribution in [3.05, 3.63) is 61.6 Å². The van der Waals surface area contributed by atoms with Crippen LogP contribution in [0.25, 0.3) is 0 Å². The number of benzene rings is 2. The third kappa shape index (κ3) is 3.19. The summed E-state index contributed by atoms with van der Waals surface area (Å²) in [4.78, 5) is 0. The predicted octanol–water partition coefficient (Wildman–Crippen LogP) is 5.39. The first-order chi connectivity index (χ1) is 8.61. The van der Waals surface area contributed by atoms with E-state index in [2.05, 4.69) is 62.8 Å². The van der Waals surface area contributed by atoms with E-state index < -0.39 is 0 Å². The van der Waals surface area contributed by atoms with Gasteiger partial charge in [-0.25, -0.2) is 0 Å². The van der Waals surface area contributed by atoms with Gasteiger partial charge in [-0.3, -0.25) is 0 Å². The molecule has 0 spiro atoms. The van der Waals surface area contributed by atoms with Crippen LogP contribution in [0, 0.1) is 3.57 Å². The molecule has 0 aromatic heterocycles. The molecule has 0 bridgehead atoms. The van der Waals surface area contributed by atoms with Gasteiger partial charge in [0.15, 0.2) is 0 Å². The predicted molar refractivity (Wildman–Crippen MR) is 87.5 cm³/mol. The molecule has 18 heavy (non-hydrogen) atoms. The van der Waals surface area contributed by atoms with Crippen molar-refractivity contribution in [1.82, 2.24) is 0 Å². The van der Waals surface area contributed by atoms with Crippen LogP contribution in [-0.4, -0.2) is 7.11 Å². The SMILES string of the molecule is COc1ccc(C(Cl)c2ccc(I)cc2)cc1Br. The average molecular weight is 438 g/mol. The maximum Gasteiger partial charge on any atom is 0.133 e. The maximum atomic E-state index is 6.49. The zero-order valence-corrected chi connectivity index (χ0v) is 14.2. The smallest absolute Gasteiger partial charge is 0.133 e. The Morgan fingerprint density at radius 1 is 1.11 bits per heavy atom. The Morgan fingerprint density at radius 3 is 2.28 bits per heavy atom. The molecule has 1 unspecified atom stereocenters. The number of alkyl halides is 1. The lowest BCUT2D eigenvalue weighted by atomic mass is 10.0. The largest absolute Gasteiger partial charge is 0.496 e. The normalized spacial score (nSPS) is 12.2. The third-order valence-corrected chi connectivity index (χ3v) is 4.47. The van der Waals surface area contributed by atoms with Crippen LogP contribution < -0.4 is 4.74 Å². The Bertz CT molecular complexity index is 542. The van der Waals surface area contributed by atoms with E-state index in [1.54, 1.807) is 7.11 Å². The van der Waals surface area contributed by atoms with E-state index in [0.29, 0.717) is 0 Å². The van der Waals surface area contributed by atoms with Crippen LogP contribution in [0.4, 0.5) is 0 Å². The van der Waals surface area contributed by atoms with Crippen LogP contribution in [-0.2, 0) is 0 Å². The van der Waals surface area contributed by atoms with Gasteiger partial charge in [0, 0.05) is 3.57 Å². The fraction of sp³-hybridized carbons (Fsp3) is 0.143. The van der Waals surface area contributed by atoms with Gasteiger partial charge in [0.1, 0.15) is 5.75 Å². The van der Waals surface area contributed by atoms with Crippen molar-refractivity contribution in [2.24, 2.45) is 0 Å². The molecule has 0 fully saturated rings. The Labute approximate surface area is 134 Å². The molecule has 0 radical (unpaired) electrons. The number of ether oxygens (including phenoxy) is 1. The Kier molecular flexibility index (Phi) is 4.92. The second kappa shape index (κ2) is 6.26. The van der Waals surface area contributed by atoms with E-state index in [1.807, 2.05) is 18.2 Å². The van der Waals surface area contributed by atoms with Crippen molar-refractivity contribution in [3.63, 3.8) is 0 Å². The molecule has 1 atom stereocenters. The molecule has 94 valence electrons. The van der Waals surface area contributed by atoms with Gasteiger partial charge in [-0.2, -0.15) is 0 Å². The summed E-state index contributed by atoms with van der Waals surface area (Å²) < 4.78 is 7.33. The molecule has 0 saturated carbocycles. The van der Waals surface area contributed by atoms with Gasteiger partial charge in [-0.15, -0.1) is 11.6 Å². The number of hydrogen-bond acceptors (Lipinski definition) is 1. The summed E-state index contributed by atoms with van der Waals surface area (Å²) in [5.74, 6) is 0.810. The lowest BCUT2D eigenvalue weighted by Crippen LogP contribution is -1.94. The van der Waals surface area contributed by atoms with Gasteiger partial charge >= 0.3 is 0 Å². The lowest BCUT2D eigenvalue weighted by Gasteiger charge is -2.12. The summed E-state index contributed by atoms with van der Waals surface area (Å²) in [5.41, 5.74) is 2.14. The topological polar surface area (TPSA) is 9.23 Å². The summed E-state index contributed by atoms with van der Waals surface area (Å²) in [6.45, 7) is 0. The Balaban J connectivity index is 2.31. The number of methoxy groups -OCH3 is 1. The standard InChI is InChI=1S/C14H11BrClIO/c1-18-13-7-4-10(8-12(13)15)14(16)9-2-5-11(17)6-3-9/h2-8,14H,1H3. The molecule has 4 heteroatoms. The maximum absolute atomic E-state index is 6.49. The number of rotatable bonds is 3. The Morgan fingerprint density at radius 2 is 1.72 bits per heavy atom. The lowest BCUT2D eigenvalue weighted by molar-refractivity contribution is 0.412. The van der Waals surface area contributed by atoms with Crippen LogP contribution in [0.3, 0.4) is 0 Å². The van der Waals surface area contributed by atoms with Gasteiger partial charge in [0.25, 0.3) is 0 Å². The summed E-state index contributed by atoms with van der Waals surface area (Å²) in [5, 5.41) is -0.149. The van der Waals surface area contributed by atoms with Gasteiger partial charge in [-0.1, -0.05) is 18.2 Å². The average Bonchev–Trinajstić information content (AvgIpc) is 2.38. The Hall–Kier alpha value is -0.260. The minimum Gasteiger partial charge on any atom is -0.496 e. The van der Waals surface area contributed by atoms with E-state index in [1.165, 1.54) is 3.57 Å². The zero-order chi connectivity index (χ0) is 13.1. The molecule has 2 rings (SSSR count). The highest BCUT2D eigenvalue weighted by Crippen LogP contribution is 2.34. The molecule has 0 aliphatic heterocycles. The first kappa shape index (κ1) is 14.2. The van der Waals surface area contributed by atoms with Crippen LogP contribution in [0.5, 0.6) is 5.75 Å². The van der Waals surface area contributed by atoms with E-state index in [0.717, 1.165) is 21.3 Å². The fourth-order valence-electron chi connectivity index (χ4n) is 1.66. The first-order valence-electron chi connectivity index (χ1n) is 5.35. The van der Waals surface area contributed by atoms with Gasteiger partial charge < -0.3 is 4.74 Å². The fourth-order valence-corrected chi connectivity index (χ4v) is 2.86. The summed E-state index contributed by atoms with van der Waals surface area (Å²) in [6, 6.07) is 14.1. The summed E-state index contributed by atoms with van der Waals surface area (Å²) in [7, 11) is 1.65. The quantitative estimate of drug-likeness (QED) is 0.462. The highest BCUT2D eigenvalue weighted by atomic mass is 127. The van der Waals surface area contributed by atoms with Crippen LogP contribution >= 0.6 is 50.1 Å². The van der Waals surface area contributed by atoms with Crippen molar-refractivity contribution < 1.29 is 4.74 Å². The highest BCUT2D eigenvalue weighted by Gasteiger charge is 2.12. The van der Waals surface area contributed by atoms with E-state index in [-0.39, 0.29) is 5.38 Å². The first-order valence-corrected chi connectivity index (χ1v) is 7.65. The molecule has 1 nitrogen and oxygen atoms in total. The molecule has 0 amide bonds. The van der Waals surface area contributed by atoms with E-state index >= 15 is 0 Å². The van der Waals surface area contributed by atoms with Gasteiger partial charge in [0.05, 0.1) is 17.0 Å². The highest BCUT2D eigenvalue weighted by molar-refractivity contribution is 14.1. The van der Waals surface area contributed by atoms with E-state index in [9.17, 15) is 0 Å². The second-order valence-electron chi connectivity index (χ2n) is 3.81. The monoisotopic (exact) mass is 436 g/mol. The molecule has 2 aromatic carbocycles. The van der Waals surface area contributed by atoms with Crippen molar-refractivity contribution >= 4 is 50.1 Å². The van der Waals surface area contributed by atoms with Gasteiger partial charge in [0.2, 0.25) is 0 Å². The number of hydrogen-bond donors (Lipinski definition) is 0. The molecule has 0 heterocycles. The zero-order valence-electron chi connectivity index (χ0n) is 9.66. The molecular formula is C14H11BrClIO. The summed E-state index contributed by atoms with van der Waals surface area (Å²) >= 11 is 12.2. The molecule has 0 aliphatic rings. The van der Waals surface area contributed by atoms with Crippen LogP contribution in [0.15, 0.2) is 46.9 Å². The molecule has 0 saturated heterocycles. The van der Waals surface area contributed by atoms with E-state index in [4.69, 9.17) is 16.3 Å². The van der Waals surface area contributed by atoms with Crippen LogP contribution in [0.1, 0.15) is 16.5 Å². The van der Waals surface area contributed by atoms with Crippen molar-refractivity contribution in [2.75, 3.05) is 7.11 Å². The van der Waals surface area contributed by atoms with Crippen molar-refractivity contribution in [1.29, 1.82) is 0 Å². The molecular weight excluding hydrogens is 426 g/mol. The third-order valence-electron chi connectivity index (χ3n) is 2.63. The van der Waals surface area contributed by atoms with Gasteiger partial charge in [-0.05, 0) is 73.9 Å². The molecule has 2 aromatic rings. The number of halogens is 3. The minimum atomic E-state index is -0.149. The van der Waals surface area contributed by atoms with Crippen molar-refractivity contribution in [2.45, 2.75) is 5.38 Å². The van der Waals surface area contributed by atoms with Crippen LogP contribution in [0.2, 0.25) is 0 Å².